The molecule has 1 aliphatic rings. The van der Waals surface area contributed by atoms with Gasteiger partial charge in [0, 0.05) is 6.54 Å². The van der Waals surface area contributed by atoms with Crippen LogP contribution in [0, 0.1) is 0 Å². The number of alkyl halides is 1. The summed E-state index contributed by atoms with van der Waals surface area (Å²) in [5, 5.41) is 2.15. The SMILES string of the molecule is C=CCN1C(=O)NC(=O)C1Br. The molecule has 1 fully saturated rings. The fourth-order valence-corrected chi connectivity index (χ4v) is 1.26. The molecule has 0 aliphatic carbocycles. The summed E-state index contributed by atoms with van der Waals surface area (Å²) in [7, 11) is 0. The predicted octanol–water partition coefficient (Wildman–Crippen LogP) is 0.445. The second kappa shape index (κ2) is 3.04. The van der Waals surface area contributed by atoms with Gasteiger partial charge in [-0.3, -0.25) is 15.0 Å². The Balaban J connectivity index is 2.70. The molecule has 11 heavy (non-hydrogen) atoms. The second-order valence-corrected chi connectivity index (χ2v) is 2.94. The van der Waals surface area contributed by atoms with E-state index in [-0.39, 0.29) is 11.9 Å². The Kier molecular flexibility index (Phi) is 2.28. The molecule has 1 N–H and O–H groups in total. The van der Waals surface area contributed by atoms with E-state index in [0.29, 0.717) is 6.54 Å². The Morgan fingerprint density at radius 3 is 2.73 bits per heavy atom. The van der Waals surface area contributed by atoms with E-state index < -0.39 is 4.95 Å². The first-order chi connectivity index (χ1) is 5.16. The van der Waals surface area contributed by atoms with E-state index in [4.69, 9.17) is 0 Å². The van der Waals surface area contributed by atoms with Gasteiger partial charge in [-0.1, -0.05) is 22.0 Å². The van der Waals surface area contributed by atoms with Gasteiger partial charge in [-0.25, -0.2) is 4.79 Å². The number of urea groups is 1. The summed E-state index contributed by atoms with van der Waals surface area (Å²) < 4.78 is 0. The molecule has 1 heterocycles. The van der Waals surface area contributed by atoms with Crippen LogP contribution in [-0.4, -0.2) is 28.3 Å². The Morgan fingerprint density at radius 2 is 2.36 bits per heavy atom. The van der Waals surface area contributed by atoms with Crippen LogP contribution in [0.2, 0.25) is 0 Å². The molecule has 1 rings (SSSR count). The Bertz CT molecular complexity index is 217. The summed E-state index contributed by atoms with van der Waals surface area (Å²) >= 11 is 3.06. The van der Waals surface area contributed by atoms with Crippen molar-refractivity contribution in [3.05, 3.63) is 12.7 Å². The summed E-state index contributed by atoms with van der Waals surface area (Å²) in [4.78, 5) is 22.5. The maximum absolute atomic E-state index is 10.9. The molecule has 60 valence electrons. The van der Waals surface area contributed by atoms with Crippen molar-refractivity contribution in [2.45, 2.75) is 4.95 Å². The first kappa shape index (κ1) is 8.26. The third kappa shape index (κ3) is 1.42. The van der Waals surface area contributed by atoms with Crippen LogP contribution in [-0.2, 0) is 4.79 Å². The minimum absolute atomic E-state index is 0.322. The van der Waals surface area contributed by atoms with Gasteiger partial charge >= 0.3 is 6.03 Å². The molecule has 4 nitrogen and oxygen atoms in total. The third-order valence-electron chi connectivity index (χ3n) is 1.31. The highest BCUT2D eigenvalue weighted by atomic mass is 79.9. The van der Waals surface area contributed by atoms with Gasteiger partial charge in [-0.15, -0.1) is 6.58 Å². The van der Waals surface area contributed by atoms with Crippen molar-refractivity contribution in [3.63, 3.8) is 0 Å². The van der Waals surface area contributed by atoms with Crippen molar-refractivity contribution in [1.82, 2.24) is 10.2 Å². The Hall–Kier alpha value is -0.840. The van der Waals surface area contributed by atoms with Crippen molar-refractivity contribution >= 4 is 27.9 Å². The minimum atomic E-state index is -0.548. The highest BCUT2D eigenvalue weighted by Crippen LogP contribution is 2.13. The summed E-state index contributed by atoms with van der Waals surface area (Å²) in [6.07, 6.45) is 1.56. The molecule has 0 saturated carbocycles. The molecule has 0 aromatic carbocycles. The van der Waals surface area contributed by atoms with Gasteiger partial charge in [-0.05, 0) is 0 Å². The molecule has 3 amide bonds. The van der Waals surface area contributed by atoms with E-state index in [9.17, 15) is 9.59 Å². The van der Waals surface area contributed by atoms with Crippen LogP contribution in [0.25, 0.3) is 0 Å². The maximum Gasteiger partial charge on any atom is 0.325 e. The molecule has 0 aromatic rings. The molecule has 0 spiro atoms. The number of carbonyl (C=O) groups is 2. The van der Waals surface area contributed by atoms with Crippen molar-refractivity contribution in [3.8, 4) is 0 Å². The lowest BCUT2D eigenvalue weighted by Gasteiger charge is -2.13. The molecule has 1 unspecified atom stereocenters. The monoisotopic (exact) mass is 218 g/mol. The molecule has 0 bridgehead atoms. The number of imide groups is 1. The van der Waals surface area contributed by atoms with Gasteiger partial charge in [0.1, 0.15) is 0 Å². The van der Waals surface area contributed by atoms with E-state index >= 15 is 0 Å². The minimum Gasteiger partial charge on any atom is -0.299 e. The van der Waals surface area contributed by atoms with Crippen LogP contribution >= 0.6 is 15.9 Å². The molecule has 1 atom stereocenters. The Morgan fingerprint density at radius 1 is 1.73 bits per heavy atom. The predicted molar refractivity (Wildman–Crippen MR) is 43.2 cm³/mol. The first-order valence-corrected chi connectivity index (χ1v) is 3.95. The van der Waals surface area contributed by atoms with E-state index in [1.54, 1.807) is 6.08 Å². The quantitative estimate of drug-likeness (QED) is 0.317. The van der Waals surface area contributed by atoms with E-state index in [1.807, 2.05) is 0 Å². The first-order valence-electron chi connectivity index (χ1n) is 3.03. The van der Waals surface area contributed by atoms with Crippen LogP contribution in [0.4, 0.5) is 4.79 Å². The van der Waals surface area contributed by atoms with Crippen LogP contribution in [0.5, 0.6) is 0 Å². The summed E-state index contributed by atoms with van der Waals surface area (Å²) in [6, 6.07) is -0.378. The number of amides is 3. The van der Waals surface area contributed by atoms with Crippen molar-refractivity contribution in [2.24, 2.45) is 0 Å². The summed E-state index contributed by atoms with van der Waals surface area (Å²) in [5.41, 5.74) is 0. The van der Waals surface area contributed by atoms with Crippen LogP contribution < -0.4 is 5.32 Å². The number of hydrogen-bond donors (Lipinski definition) is 1. The summed E-state index contributed by atoms with van der Waals surface area (Å²) in [6.45, 7) is 3.83. The van der Waals surface area contributed by atoms with Gasteiger partial charge in [-0.2, -0.15) is 0 Å². The highest BCUT2D eigenvalue weighted by Gasteiger charge is 2.35. The number of halogens is 1. The molecular weight excluding hydrogens is 212 g/mol. The maximum atomic E-state index is 10.9. The van der Waals surface area contributed by atoms with Gasteiger partial charge in [0.2, 0.25) is 0 Å². The third-order valence-corrected chi connectivity index (χ3v) is 2.22. The lowest BCUT2D eigenvalue weighted by Crippen LogP contribution is -2.31. The molecular formula is C6H7BrN2O2. The van der Waals surface area contributed by atoms with Crippen LogP contribution in [0.15, 0.2) is 12.7 Å². The average molecular weight is 219 g/mol. The van der Waals surface area contributed by atoms with Crippen LogP contribution in [0.3, 0.4) is 0 Å². The van der Waals surface area contributed by atoms with Gasteiger partial charge in [0.25, 0.3) is 5.91 Å². The van der Waals surface area contributed by atoms with E-state index in [1.165, 1.54) is 4.90 Å². The fourth-order valence-electron chi connectivity index (χ4n) is 0.796. The van der Waals surface area contributed by atoms with E-state index in [2.05, 4.69) is 27.8 Å². The number of rotatable bonds is 2. The Labute approximate surface area is 72.4 Å². The molecule has 0 aromatic heterocycles. The normalized spacial score (nSPS) is 23.7. The number of nitrogens with one attached hydrogen (secondary N) is 1. The number of hydrogen-bond acceptors (Lipinski definition) is 2. The molecule has 1 saturated heterocycles. The molecule has 5 heteroatoms. The molecule has 0 radical (unpaired) electrons. The lowest BCUT2D eigenvalue weighted by atomic mass is 10.5. The van der Waals surface area contributed by atoms with Crippen molar-refractivity contribution in [2.75, 3.05) is 6.54 Å². The molecule has 1 aliphatic heterocycles. The second-order valence-electron chi connectivity index (χ2n) is 2.07. The zero-order chi connectivity index (χ0) is 8.43. The highest BCUT2D eigenvalue weighted by molar-refractivity contribution is 9.10. The van der Waals surface area contributed by atoms with Gasteiger partial charge in [0.15, 0.2) is 4.95 Å². The standard InChI is InChI=1S/C6H7BrN2O2/c1-2-3-9-4(7)5(10)8-6(9)11/h2,4H,1,3H2,(H,8,10,11). The van der Waals surface area contributed by atoms with Crippen LogP contribution in [0.1, 0.15) is 0 Å². The number of carbonyl (C=O) groups excluding carboxylic acids is 2. The zero-order valence-corrected chi connectivity index (χ0v) is 7.30. The topological polar surface area (TPSA) is 49.4 Å². The van der Waals surface area contributed by atoms with E-state index in [0.717, 1.165) is 0 Å². The van der Waals surface area contributed by atoms with Gasteiger partial charge < -0.3 is 0 Å². The zero-order valence-electron chi connectivity index (χ0n) is 5.71. The largest absolute Gasteiger partial charge is 0.325 e. The fraction of sp³-hybridized carbons (Fsp3) is 0.333. The van der Waals surface area contributed by atoms with Crippen molar-refractivity contribution < 1.29 is 9.59 Å². The van der Waals surface area contributed by atoms with Gasteiger partial charge in [0.05, 0.1) is 0 Å². The smallest absolute Gasteiger partial charge is 0.299 e. The number of nitrogens with zero attached hydrogens (tertiary/aromatic N) is 1. The summed E-state index contributed by atoms with van der Waals surface area (Å²) in [5.74, 6) is -0.322. The van der Waals surface area contributed by atoms with Crippen molar-refractivity contribution in [1.29, 1.82) is 0 Å². The average Bonchev–Trinajstić information content (AvgIpc) is 2.17. The lowest BCUT2D eigenvalue weighted by molar-refractivity contribution is -0.119.